The quantitative estimate of drug-likeness (QED) is 0.849. The fourth-order valence-corrected chi connectivity index (χ4v) is 2.72. The van der Waals surface area contributed by atoms with Gasteiger partial charge in [-0.25, -0.2) is 4.39 Å². The Kier molecular flexibility index (Phi) is 5.62. The van der Waals surface area contributed by atoms with Crippen molar-refractivity contribution in [2.24, 2.45) is 0 Å². The van der Waals surface area contributed by atoms with Gasteiger partial charge in [0.2, 0.25) is 0 Å². The Labute approximate surface area is 134 Å². The minimum Gasteiger partial charge on any atom is -0.305 e. The van der Waals surface area contributed by atoms with Crippen LogP contribution in [0.5, 0.6) is 0 Å². The van der Waals surface area contributed by atoms with Crippen molar-refractivity contribution in [3.8, 4) is 0 Å². The molecule has 1 heterocycles. The fraction of sp³-hybridized carbons (Fsp3) is 0.400. The molecule has 1 N–H and O–H groups in total. The Morgan fingerprint density at radius 3 is 2.76 bits per heavy atom. The molecule has 0 fully saturated rings. The van der Waals surface area contributed by atoms with Crippen molar-refractivity contribution in [1.82, 2.24) is 15.1 Å². The lowest BCUT2D eigenvalue weighted by molar-refractivity contribution is 0.506. The highest BCUT2D eigenvalue weighted by molar-refractivity contribution is 6.31. The smallest absolute Gasteiger partial charge is 0.128 e. The predicted octanol–water partition coefficient (Wildman–Crippen LogP) is 4.44. The lowest BCUT2D eigenvalue weighted by Gasteiger charge is -2.21. The van der Waals surface area contributed by atoms with Crippen LogP contribution in [0.25, 0.3) is 0 Å². The molecule has 1 aromatic carbocycles. The molecule has 2 aromatic rings. The van der Waals surface area contributed by atoms with Gasteiger partial charge in [-0.05, 0) is 38.1 Å². The molecule has 1 aromatic heterocycles. The molecular weight excluding hydrogens is 312 g/mol. The van der Waals surface area contributed by atoms with E-state index in [1.165, 1.54) is 12.1 Å². The van der Waals surface area contributed by atoms with E-state index in [1.807, 2.05) is 6.92 Å². The zero-order chi connectivity index (χ0) is 15.4. The summed E-state index contributed by atoms with van der Waals surface area (Å²) in [5, 5.41) is 8.57. The molecule has 0 aliphatic rings. The number of nitrogens with zero attached hydrogens (tertiary/aromatic N) is 2. The Bertz CT molecular complexity index is 613. The summed E-state index contributed by atoms with van der Waals surface area (Å²) in [4.78, 5) is 0. The lowest BCUT2D eigenvalue weighted by atomic mass is 10.0. The summed E-state index contributed by atoms with van der Waals surface area (Å²) in [7, 11) is 0. The minimum absolute atomic E-state index is 0.312. The topological polar surface area (TPSA) is 29.9 Å². The summed E-state index contributed by atoms with van der Waals surface area (Å²) >= 11 is 12.3. The van der Waals surface area contributed by atoms with Crippen LogP contribution in [-0.2, 0) is 6.54 Å². The maximum Gasteiger partial charge on any atom is 0.128 e. The summed E-state index contributed by atoms with van der Waals surface area (Å²) < 4.78 is 16.0. The Morgan fingerprint density at radius 1 is 1.33 bits per heavy atom. The number of nitrogens with one attached hydrogen (secondary N) is 1. The SMILES string of the molecule is CCCNC(c1cc(Cl)ccc1F)c1c(Cl)cnn1CC. The van der Waals surface area contributed by atoms with E-state index in [0.717, 1.165) is 18.7 Å². The van der Waals surface area contributed by atoms with Crippen LogP contribution in [0.15, 0.2) is 24.4 Å². The van der Waals surface area contributed by atoms with E-state index < -0.39 is 0 Å². The average Bonchev–Trinajstić information content (AvgIpc) is 2.84. The van der Waals surface area contributed by atoms with Crippen molar-refractivity contribution in [2.45, 2.75) is 32.9 Å². The second-order valence-corrected chi connectivity index (χ2v) is 5.59. The van der Waals surface area contributed by atoms with Crippen molar-refractivity contribution in [3.63, 3.8) is 0 Å². The van der Waals surface area contributed by atoms with Gasteiger partial charge in [-0.1, -0.05) is 30.1 Å². The second-order valence-electron chi connectivity index (χ2n) is 4.75. The molecule has 0 saturated heterocycles. The highest BCUT2D eigenvalue weighted by Gasteiger charge is 2.24. The Hall–Kier alpha value is -1.10. The molecule has 2 rings (SSSR count). The number of hydrogen-bond donors (Lipinski definition) is 1. The van der Waals surface area contributed by atoms with Gasteiger partial charge in [0, 0.05) is 17.1 Å². The summed E-state index contributed by atoms with van der Waals surface area (Å²) in [6, 6.07) is 4.17. The fourth-order valence-electron chi connectivity index (χ4n) is 2.29. The van der Waals surface area contributed by atoms with Gasteiger partial charge >= 0.3 is 0 Å². The van der Waals surface area contributed by atoms with Gasteiger partial charge < -0.3 is 5.32 Å². The molecule has 0 aliphatic heterocycles. The first-order valence-corrected chi connectivity index (χ1v) is 7.73. The summed E-state index contributed by atoms with van der Waals surface area (Å²) in [6.07, 6.45) is 2.51. The maximum absolute atomic E-state index is 14.2. The second kappa shape index (κ2) is 7.25. The van der Waals surface area contributed by atoms with Crippen LogP contribution in [0.4, 0.5) is 4.39 Å². The predicted molar refractivity (Wildman–Crippen MR) is 84.5 cm³/mol. The highest BCUT2D eigenvalue weighted by atomic mass is 35.5. The number of halogens is 3. The minimum atomic E-state index is -0.376. The van der Waals surface area contributed by atoms with E-state index >= 15 is 0 Å². The van der Waals surface area contributed by atoms with E-state index in [1.54, 1.807) is 16.9 Å². The highest BCUT2D eigenvalue weighted by Crippen LogP contribution is 2.31. The number of aryl methyl sites for hydroxylation is 1. The Morgan fingerprint density at radius 2 is 2.10 bits per heavy atom. The van der Waals surface area contributed by atoms with Crippen molar-refractivity contribution >= 4 is 23.2 Å². The van der Waals surface area contributed by atoms with Crippen molar-refractivity contribution in [2.75, 3.05) is 6.54 Å². The van der Waals surface area contributed by atoms with Crippen molar-refractivity contribution < 1.29 is 4.39 Å². The maximum atomic E-state index is 14.2. The third-order valence-corrected chi connectivity index (χ3v) is 3.80. The van der Waals surface area contributed by atoms with Crippen LogP contribution in [0.1, 0.15) is 37.6 Å². The van der Waals surface area contributed by atoms with Gasteiger partial charge in [-0.3, -0.25) is 4.68 Å². The van der Waals surface area contributed by atoms with E-state index in [-0.39, 0.29) is 11.9 Å². The van der Waals surface area contributed by atoms with Crippen LogP contribution >= 0.6 is 23.2 Å². The van der Waals surface area contributed by atoms with Gasteiger partial charge in [-0.15, -0.1) is 0 Å². The molecule has 3 nitrogen and oxygen atoms in total. The molecule has 114 valence electrons. The molecule has 21 heavy (non-hydrogen) atoms. The van der Waals surface area contributed by atoms with Gasteiger partial charge in [-0.2, -0.15) is 5.10 Å². The molecule has 0 spiro atoms. The third kappa shape index (κ3) is 3.57. The van der Waals surface area contributed by atoms with Crippen molar-refractivity contribution in [1.29, 1.82) is 0 Å². The van der Waals surface area contributed by atoms with Crippen LogP contribution < -0.4 is 5.32 Å². The van der Waals surface area contributed by atoms with Crippen molar-refractivity contribution in [3.05, 3.63) is 51.5 Å². The molecule has 1 atom stereocenters. The standard InChI is InChI=1S/C15H18Cl2FN3/c1-3-7-19-14(11-8-10(16)5-6-13(11)18)15-12(17)9-20-21(15)4-2/h5-6,8-9,14,19H,3-4,7H2,1-2H3. The number of hydrogen-bond acceptors (Lipinski definition) is 2. The van der Waals surface area contributed by atoms with Gasteiger partial charge in [0.05, 0.1) is 23.0 Å². The van der Waals surface area contributed by atoms with Crippen LogP contribution in [0.3, 0.4) is 0 Å². The van der Waals surface area contributed by atoms with E-state index in [9.17, 15) is 4.39 Å². The zero-order valence-electron chi connectivity index (χ0n) is 12.0. The average molecular weight is 330 g/mol. The monoisotopic (exact) mass is 329 g/mol. The van der Waals surface area contributed by atoms with Gasteiger partial charge in [0.25, 0.3) is 0 Å². The molecule has 0 aliphatic carbocycles. The molecule has 1 unspecified atom stereocenters. The number of benzene rings is 1. The van der Waals surface area contributed by atoms with Crippen LogP contribution in [0, 0.1) is 5.82 Å². The lowest BCUT2D eigenvalue weighted by Crippen LogP contribution is -2.27. The third-order valence-electron chi connectivity index (χ3n) is 3.27. The van der Waals surface area contributed by atoms with Crippen LogP contribution in [0.2, 0.25) is 10.0 Å². The summed E-state index contributed by atoms with van der Waals surface area (Å²) in [5.41, 5.74) is 1.24. The first kappa shape index (κ1) is 16.3. The largest absolute Gasteiger partial charge is 0.305 e. The first-order chi connectivity index (χ1) is 10.1. The molecule has 0 radical (unpaired) electrons. The number of aromatic nitrogens is 2. The van der Waals surface area contributed by atoms with Gasteiger partial charge in [0.1, 0.15) is 5.82 Å². The number of rotatable bonds is 6. The molecular formula is C15H18Cl2FN3. The van der Waals surface area contributed by atoms with Crippen LogP contribution in [-0.4, -0.2) is 16.3 Å². The molecule has 0 bridgehead atoms. The zero-order valence-corrected chi connectivity index (χ0v) is 13.5. The normalized spacial score (nSPS) is 12.6. The molecule has 6 heteroatoms. The first-order valence-electron chi connectivity index (χ1n) is 6.98. The van der Waals surface area contributed by atoms with E-state index in [0.29, 0.717) is 22.2 Å². The molecule has 0 saturated carbocycles. The Balaban J connectivity index is 2.52. The van der Waals surface area contributed by atoms with E-state index in [4.69, 9.17) is 23.2 Å². The molecule has 0 amide bonds. The summed E-state index contributed by atoms with van der Waals surface area (Å²) in [6.45, 7) is 5.42. The van der Waals surface area contributed by atoms with E-state index in [2.05, 4.69) is 17.3 Å². The van der Waals surface area contributed by atoms with Gasteiger partial charge in [0.15, 0.2) is 0 Å². The summed E-state index contributed by atoms with van der Waals surface area (Å²) in [5.74, 6) is -0.312.